The molecule has 0 atom stereocenters. The fraction of sp³-hybridized carbons (Fsp3) is 0.385. The quantitative estimate of drug-likeness (QED) is 0.817. The number of ether oxygens (including phenoxy) is 1. The van der Waals surface area contributed by atoms with Gasteiger partial charge >= 0.3 is 6.01 Å². The number of aromatic nitrogens is 4. The van der Waals surface area contributed by atoms with Crippen molar-refractivity contribution in [3.8, 4) is 18.0 Å². The van der Waals surface area contributed by atoms with Gasteiger partial charge in [0.1, 0.15) is 18.0 Å². The van der Waals surface area contributed by atoms with E-state index in [4.69, 9.17) is 4.74 Å². The summed E-state index contributed by atoms with van der Waals surface area (Å²) in [7, 11) is 1.76. The summed E-state index contributed by atoms with van der Waals surface area (Å²) < 4.78 is 7.05. The Labute approximate surface area is 110 Å². The molecular formula is C13H13N5O. The largest absolute Gasteiger partial charge is 0.403 e. The van der Waals surface area contributed by atoms with Crippen molar-refractivity contribution < 1.29 is 4.74 Å². The van der Waals surface area contributed by atoms with Gasteiger partial charge in [-0.3, -0.25) is 4.68 Å². The van der Waals surface area contributed by atoms with Crippen molar-refractivity contribution in [3.63, 3.8) is 0 Å². The van der Waals surface area contributed by atoms with Crippen LogP contribution in [0.15, 0.2) is 12.4 Å². The Balaban J connectivity index is 1.98. The van der Waals surface area contributed by atoms with Crippen molar-refractivity contribution in [2.45, 2.75) is 25.7 Å². The molecule has 0 aliphatic heterocycles. The second kappa shape index (κ2) is 4.69. The van der Waals surface area contributed by atoms with Crippen LogP contribution in [-0.2, 0) is 19.9 Å². The maximum atomic E-state index is 9.19. The molecule has 0 amide bonds. The van der Waals surface area contributed by atoms with Gasteiger partial charge in [0.2, 0.25) is 5.88 Å². The van der Waals surface area contributed by atoms with Gasteiger partial charge in [-0.05, 0) is 37.3 Å². The third-order valence-corrected chi connectivity index (χ3v) is 3.15. The number of nitrogens with zero attached hydrogens (tertiary/aromatic N) is 5. The zero-order valence-corrected chi connectivity index (χ0v) is 10.6. The molecule has 2 aromatic rings. The van der Waals surface area contributed by atoms with Crippen LogP contribution in [0.4, 0.5) is 0 Å². The second-order valence-electron chi connectivity index (χ2n) is 4.57. The standard InChI is InChI=1S/C13H13N5O/c1-18-8-15-13(17-18)19-12-10(7-14)6-9-4-2-3-5-11(9)16-12/h6,8H,2-5H2,1H3. The van der Waals surface area contributed by atoms with Gasteiger partial charge in [-0.15, -0.1) is 5.10 Å². The van der Waals surface area contributed by atoms with Crippen molar-refractivity contribution in [2.75, 3.05) is 0 Å². The molecule has 19 heavy (non-hydrogen) atoms. The van der Waals surface area contributed by atoms with Crippen LogP contribution in [0.25, 0.3) is 0 Å². The van der Waals surface area contributed by atoms with Crippen LogP contribution in [0, 0.1) is 11.3 Å². The summed E-state index contributed by atoms with van der Waals surface area (Å²) >= 11 is 0. The van der Waals surface area contributed by atoms with Crippen molar-refractivity contribution in [3.05, 3.63) is 29.2 Å². The molecule has 0 unspecified atom stereocenters. The molecule has 1 aliphatic carbocycles. The molecule has 2 aromatic heterocycles. The van der Waals surface area contributed by atoms with Crippen molar-refractivity contribution in [1.29, 1.82) is 5.26 Å². The number of hydrogen-bond donors (Lipinski definition) is 0. The van der Waals surface area contributed by atoms with Crippen molar-refractivity contribution >= 4 is 0 Å². The fourth-order valence-corrected chi connectivity index (χ4v) is 2.23. The summed E-state index contributed by atoms with van der Waals surface area (Å²) in [5, 5.41) is 13.2. The van der Waals surface area contributed by atoms with Crippen LogP contribution >= 0.6 is 0 Å². The van der Waals surface area contributed by atoms with E-state index >= 15 is 0 Å². The molecule has 0 bridgehead atoms. The van der Waals surface area contributed by atoms with E-state index in [1.54, 1.807) is 18.1 Å². The van der Waals surface area contributed by atoms with Gasteiger partial charge in [0.25, 0.3) is 0 Å². The number of hydrogen-bond acceptors (Lipinski definition) is 5. The molecule has 0 N–H and O–H groups in total. The maximum absolute atomic E-state index is 9.19. The first-order chi connectivity index (χ1) is 9.26. The fourth-order valence-electron chi connectivity index (χ4n) is 2.23. The predicted molar refractivity (Wildman–Crippen MR) is 66.7 cm³/mol. The van der Waals surface area contributed by atoms with Crippen molar-refractivity contribution in [1.82, 2.24) is 19.7 Å². The summed E-state index contributed by atoms with van der Waals surface area (Å²) in [6.07, 6.45) is 5.75. The first-order valence-corrected chi connectivity index (χ1v) is 6.22. The van der Waals surface area contributed by atoms with E-state index < -0.39 is 0 Å². The SMILES string of the molecule is Cn1cnc(Oc2nc3c(cc2C#N)CCCC3)n1. The van der Waals surface area contributed by atoms with Crippen LogP contribution in [0.3, 0.4) is 0 Å². The smallest absolute Gasteiger partial charge is 0.342 e. The summed E-state index contributed by atoms with van der Waals surface area (Å²) in [6.45, 7) is 0. The number of rotatable bonds is 2. The summed E-state index contributed by atoms with van der Waals surface area (Å²) in [5.74, 6) is 0.300. The summed E-state index contributed by atoms with van der Waals surface area (Å²) in [6, 6.07) is 4.21. The lowest BCUT2D eigenvalue weighted by Gasteiger charge is -2.15. The number of pyridine rings is 1. The lowest BCUT2D eigenvalue weighted by molar-refractivity contribution is 0.417. The van der Waals surface area contributed by atoms with Gasteiger partial charge in [-0.2, -0.15) is 10.2 Å². The Morgan fingerprint density at radius 2 is 2.21 bits per heavy atom. The Morgan fingerprint density at radius 3 is 2.95 bits per heavy atom. The first-order valence-electron chi connectivity index (χ1n) is 6.22. The highest BCUT2D eigenvalue weighted by Crippen LogP contribution is 2.27. The predicted octanol–water partition coefficient (Wildman–Crippen LogP) is 1.75. The Kier molecular flexibility index (Phi) is 2.88. The average Bonchev–Trinajstić information content (AvgIpc) is 2.83. The van der Waals surface area contributed by atoms with Crippen LogP contribution < -0.4 is 4.74 Å². The van der Waals surface area contributed by atoms with Gasteiger partial charge in [0.15, 0.2) is 0 Å². The van der Waals surface area contributed by atoms with E-state index in [2.05, 4.69) is 21.1 Å². The zero-order chi connectivity index (χ0) is 13.2. The first kappa shape index (κ1) is 11.7. The molecule has 0 radical (unpaired) electrons. The number of nitriles is 1. The van der Waals surface area contributed by atoms with E-state index in [-0.39, 0.29) is 6.01 Å². The van der Waals surface area contributed by atoms with E-state index in [0.717, 1.165) is 36.9 Å². The molecule has 0 aromatic carbocycles. The maximum Gasteiger partial charge on any atom is 0.342 e. The van der Waals surface area contributed by atoms with Crippen LogP contribution in [0.1, 0.15) is 29.7 Å². The molecule has 96 valence electrons. The highest BCUT2D eigenvalue weighted by Gasteiger charge is 2.17. The van der Waals surface area contributed by atoms with E-state index in [1.807, 2.05) is 6.07 Å². The van der Waals surface area contributed by atoms with E-state index in [0.29, 0.717) is 11.4 Å². The third-order valence-electron chi connectivity index (χ3n) is 3.15. The zero-order valence-electron chi connectivity index (χ0n) is 10.6. The minimum atomic E-state index is 0.210. The van der Waals surface area contributed by atoms with Gasteiger partial charge in [-0.1, -0.05) is 0 Å². The molecule has 3 rings (SSSR count). The van der Waals surface area contributed by atoms with Crippen molar-refractivity contribution in [2.24, 2.45) is 7.05 Å². The van der Waals surface area contributed by atoms with Gasteiger partial charge in [0, 0.05) is 12.7 Å². The van der Waals surface area contributed by atoms with Crippen LogP contribution in [0.5, 0.6) is 11.9 Å². The second-order valence-corrected chi connectivity index (χ2v) is 4.57. The minimum absolute atomic E-state index is 0.210. The van der Waals surface area contributed by atoms with Gasteiger partial charge < -0.3 is 4.74 Å². The summed E-state index contributed by atoms with van der Waals surface area (Å²) in [4.78, 5) is 8.43. The molecule has 6 nitrogen and oxygen atoms in total. The van der Waals surface area contributed by atoms with Gasteiger partial charge in [-0.25, -0.2) is 4.98 Å². The van der Waals surface area contributed by atoms with Crippen LogP contribution in [0.2, 0.25) is 0 Å². The van der Waals surface area contributed by atoms with E-state index in [1.165, 1.54) is 0 Å². The number of aryl methyl sites for hydroxylation is 3. The monoisotopic (exact) mass is 255 g/mol. The van der Waals surface area contributed by atoms with Gasteiger partial charge in [0.05, 0.1) is 0 Å². The lowest BCUT2D eigenvalue weighted by atomic mass is 9.95. The average molecular weight is 255 g/mol. The molecule has 0 saturated heterocycles. The topological polar surface area (TPSA) is 76.6 Å². The Bertz CT molecular complexity index is 656. The molecule has 0 spiro atoms. The molecule has 1 aliphatic rings. The molecular weight excluding hydrogens is 242 g/mol. The number of fused-ring (bicyclic) bond motifs is 1. The van der Waals surface area contributed by atoms with Crippen LogP contribution in [-0.4, -0.2) is 19.7 Å². The Hall–Kier alpha value is -2.42. The highest BCUT2D eigenvalue weighted by molar-refractivity contribution is 5.44. The highest BCUT2D eigenvalue weighted by atomic mass is 16.5. The molecule has 6 heteroatoms. The third kappa shape index (κ3) is 2.27. The molecule has 0 fully saturated rings. The molecule has 0 saturated carbocycles. The Morgan fingerprint density at radius 1 is 1.37 bits per heavy atom. The van der Waals surface area contributed by atoms with E-state index in [9.17, 15) is 5.26 Å². The summed E-state index contributed by atoms with van der Waals surface area (Å²) in [5.41, 5.74) is 2.62. The lowest BCUT2D eigenvalue weighted by Crippen LogP contribution is -2.07. The normalized spacial score (nSPS) is 13.7. The minimum Gasteiger partial charge on any atom is -0.403 e. The molecule has 2 heterocycles.